The van der Waals surface area contributed by atoms with E-state index in [1.54, 1.807) is 24.3 Å². The number of carboxylic acids is 1. The molecular formula is C16H27N3O4. The first kappa shape index (κ1) is 22.9. The number of amides is 1. The normalized spacial score (nSPS) is 11.0. The minimum absolute atomic E-state index is 0.230. The van der Waals surface area contributed by atoms with Gasteiger partial charge in [0.2, 0.25) is 6.41 Å². The lowest BCUT2D eigenvalue weighted by Crippen LogP contribution is -2.32. The summed E-state index contributed by atoms with van der Waals surface area (Å²) in [6.45, 7) is 8.00. The summed E-state index contributed by atoms with van der Waals surface area (Å²) in [5.74, 6) is -0.778. The smallest absolute Gasteiger partial charge is 0.320 e. The number of oxime groups is 1. The Morgan fingerprint density at radius 2 is 1.83 bits per heavy atom. The van der Waals surface area contributed by atoms with Crippen LogP contribution in [-0.4, -0.2) is 36.5 Å². The summed E-state index contributed by atoms with van der Waals surface area (Å²) in [4.78, 5) is 25.7. The fourth-order valence-electron chi connectivity index (χ4n) is 1.45. The molecule has 0 fully saturated rings. The van der Waals surface area contributed by atoms with Crippen molar-refractivity contribution in [2.24, 2.45) is 10.9 Å². The van der Waals surface area contributed by atoms with Crippen molar-refractivity contribution >= 4 is 18.2 Å². The number of hydrogen-bond donors (Lipinski definition) is 3. The highest BCUT2D eigenvalue weighted by Crippen LogP contribution is 2.07. The molecule has 0 aliphatic heterocycles. The molecule has 0 aromatic heterocycles. The summed E-state index contributed by atoms with van der Waals surface area (Å²) in [6, 6.07) is 5.88. The van der Waals surface area contributed by atoms with Crippen LogP contribution in [0.2, 0.25) is 0 Å². The van der Waals surface area contributed by atoms with E-state index in [4.69, 9.17) is 10.8 Å². The Bertz CT molecular complexity index is 473. The second kappa shape index (κ2) is 14.5. The van der Waals surface area contributed by atoms with Crippen LogP contribution in [-0.2, 0) is 20.8 Å². The lowest BCUT2D eigenvalue weighted by molar-refractivity contribution is -0.138. The highest BCUT2D eigenvalue weighted by Gasteiger charge is 2.12. The van der Waals surface area contributed by atoms with Crippen molar-refractivity contribution in [1.29, 1.82) is 0 Å². The summed E-state index contributed by atoms with van der Waals surface area (Å²) in [5.41, 5.74) is 6.86. The first-order valence-corrected chi connectivity index (χ1v) is 7.47. The maximum atomic E-state index is 10.6. The van der Waals surface area contributed by atoms with Gasteiger partial charge >= 0.3 is 5.97 Å². The summed E-state index contributed by atoms with van der Waals surface area (Å²) in [5, 5.41) is 14.8. The number of carbonyl (C=O) groups is 2. The third-order valence-electron chi connectivity index (χ3n) is 2.38. The highest BCUT2D eigenvalue weighted by molar-refractivity contribution is 6.03. The average Bonchev–Trinajstić information content (AvgIpc) is 2.59. The van der Waals surface area contributed by atoms with Gasteiger partial charge in [-0.2, -0.15) is 0 Å². The molecule has 0 bridgehead atoms. The predicted molar refractivity (Wildman–Crippen MR) is 91.2 cm³/mol. The lowest BCUT2D eigenvalue weighted by atomic mass is 10.0. The van der Waals surface area contributed by atoms with Gasteiger partial charge in [0.1, 0.15) is 13.2 Å². The van der Waals surface area contributed by atoms with Crippen molar-refractivity contribution in [2.45, 2.75) is 40.2 Å². The second-order valence-corrected chi connectivity index (χ2v) is 3.73. The topological polar surface area (TPSA) is 114 Å². The first-order chi connectivity index (χ1) is 11.1. The Balaban J connectivity index is 0. The molecule has 4 N–H and O–H groups in total. The zero-order valence-corrected chi connectivity index (χ0v) is 14.4. The highest BCUT2D eigenvalue weighted by atomic mass is 16.6. The van der Waals surface area contributed by atoms with Crippen LogP contribution >= 0.6 is 0 Å². The molecule has 0 heterocycles. The molecule has 1 rings (SSSR count). The summed E-state index contributed by atoms with van der Waals surface area (Å²) >= 11 is 0. The molecule has 1 aromatic carbocycles. The number of benzene rings is 1. The molecule has 1 unspecified atom stereocenters. The van der Waals surface area contributed by atoms with E-state index in [0.29, 0.717) is 12.0 Å². The van der Waals surface area contributed by atoms with Gasteiger partial charge in [-0.25, -0.2) is 0 Å². The third kappa shape index (κ3) is 9.26. The van der Waals surface area contributed by atoms with Crippen molar-refractivity contribution in [3.63, 3.8) is 0 Å². The number of rotatable bonds is 6. The number of nitrogens with zero attached hydrogens (tertiary/aromatic N) is 1. The average molecular weight is 325 g/mol. The summed E-state index contributed by atoms with van der Waals surface area (Å²) in [6.07, 6.45) is 0.722. The van der Waals surface area contributed by atoms with E-state index < -0.39 is 12.0 Å². The fourth-order valence-corrected chi connectivity index (χ4v) is 1.45. The van der Waals surface area contributed by atoms with Crippen LogP contribution < -0.4 is 11.1 Å². The first-order valence-electron chi connectivity index (χ1n) is 7.47. The van der Waals surface area contributed by atoms with Gasteiger partial charge in [0.05, 0.1) is 0 Å². The molecule has 0 aliphatic rings. The van der Waals surface area contributed by atoms with Gasteiger partial charge in [0.25, 0.3) is 0 Å². The lowest BCUT2D eigenvalue weighted by Gasteiger charge is -2.08. The van der Waals surface area contributed by atoms with Crippen LogP contribution in [0.15, 0.2) is 29.4 Å². The largest absolute Gasteiger partial charge is 0.480 e. The number of aliphatic carboxylic acids is 1. The van der Waals surface area contributed by atoms with Crippen LogP contribution in [0.4, 0.5) is 0 Å². The number of carbonyl (C=O) groups excluding carboxylic acids is 1. The van der Waals surface area contributed by atoms with Crippen LogP contribution in [0, 0.1) is 0 Å². The molecule has 1 atom stereocenters. The Morgan fingerprint density at radius 1 is 1.30 bits per heavy atom. The zero-order chi connectivity index (χ0) is 18.3. The molecular weight excluding hydrogens is 298 g/mol. The van der Waals surface area contributed by atoms with Gasteiger partial charge < -0.3 is 21.0 Å². The van der Waals surface area contributed by atoms with Crippen molar-refractivity contribution in [3.8, 4) is 0 Å². The molecule has 1 aromatic rings. The SMILES string of the molecule is CC.CC.CO/N=C(\NC=O)c1ccc(CC(N)C(=O)O)cc1. The number of hydrogen-bond acceptors (Lipinski definition) is 5. The number of carboxylic acid groups (broad SMARTS) is 1. The van der Waals surface area contributed by atoms with Gasteiger partial charge in [0.15, 0.2) is 5.84 Å². The number of nitrogens with one attached hydrogen (secondary N) is 1. The maximum Gasteiger partial charge on any atom is 0.320 e. The summed E-state index contributed by atoms with van der Waals surface area (Å²) in [7, 11) is 1.37. The Hall–Kier alpha value is -2.41. The van der Waals surface area contributed by atoms with E-state index in [9.17, 15) is 9.59 Å². The van der Waals surface area contributed by atoms with E-state index >= 15 is 0 Å². The predicted octanol–water partition coefficient (Wildman–Crippen LogP) is 1.75. The molecule has 23 heavy (non-hydrogen) atoms. The van der Waals surface area contributed by atoms with Gasteiger partial charge in [0, 0.05) is 5.56 Å². The van der Waals surface area contributed by atoms with E-state index in [1.807, 2.05) is 27.7 Å². The van der Waals surface area contributed by atoms with Gasteiger partial charge in [-0.05, 0) is 12.0 Å². The van der Waals surface area contributed by atoms with Crippen LogP contribution in [0.25, 0.3) is 0 Å². The molecule has 0 saturated carbocycles. The number of nitrogens with two attached hydrogens (primary N) is 1. The maximum absolute atomic E-state index is 10.6. The molecule has 130 valence electrons. The molecule has 0 saturated heterocycles. The zero-order valence-electron chi connectivity index (χ0n) is 14.4. The van der Waals surface area contributed by atoms with Crippen LogP contribution in [0.3, 0.4) is 0 Å². The molecule has 7 heteroatoms. The molecule has 1 amide bonds. The van der Waals surface area contributed by atoms with E-state index in [0.717, 1.165) is 5.56 Å². The second-order valence-electron chi connectivity index (χ2n) is 3.73. The van der Waals surface area contributed by atoms with Crippen molar-refractivity contribution in [2.75, 3.05) is 7.11 Å². The molecule has 7 nitrogen and oxygen atoms in total. The quantitative estimate of drug-likeness (QED) is 0.319. The fraction of sp³-hybridized carbons (Fsp3) is 0.438. The van der Waals surface area contributed by atoms with Gasteiger partial charge in [-0.15, -0.1) is 0 Å². The summed E-state index contributed by atoms with van der Waals surface area (Å²) < 4.78 is 0. The van der Waals surface area contributed by atoms with Gasteiger partial charge in [-0.1, -0.05) is 57.1 Å². The number of amidine groups is 1. The minimum atomic E-state index is -1.05. The van der Waals surface area contributed by atoms with Crippen molar-refractivity contribution in [1.82, 2.24) is 5.32 Å². The van der Waals surface area contributed by atoms with E-state index in [2.05, 4.69) is 15.3 Å². The minimum Gasteiger partial charge on any atom is -0.480 e. The van der Waals surface area contributed by atoms with E-state index in [1.165, 1.54) is 7.11 Å². The Morgan fingerprint density at radius 3 is 2.22 bits per heavy atom. The van der Waals surface area contributed by atoms with Crippen LogP contribution in [0.5, 0.6) is 0 Å². The van der Waals surface area contributed by atoms with Gasteiger partial charge in [-0.3, -0.25) is 9.59 Å². The van der Waals surface area contributed by atoms with Crippen molar-refractivity contribution < 1.29 is 19.5 Å². The molecule has 0 aliphatic carbocycles. The monoisotopic (exact) mass is 325 g/mol. The Labute approximate surface area is 137 Å². The standard InChI is InChI=1S/C12H15N3O4.2C2H6/c1-19-15-11(14-7-16)9-4-2-8(3-5-9)6-10(13)12(17)18;2*1-2/h2-5,7,10H,6,13H2,1H3,(H,17,18)(H,14,15,16);2*1-2H3. The Kier molecular flexibility index (Phi) is 14.4. The van der Waals surface area contributed by atoms with Crippen LogP contribution in [0.1, 0.15) is 38.8 Å². The van der Waals surface area contributed by atoms with Crippen molar-refractivity contribution in [3.05, 3.63) is 35.4 Å². The molecule has 0 spiro atoms. The molecule has 0 radical (unpaired) electrons. The third-order valence-corrected chi connectivity index (χ3v) is 2.38. The van der Waals surface area contributed by atoms with E-state index in [-0.39, 0.29) is 12.3 Å².